The molecule has 0 amide bonds. The van der Waals surface area contributed by atoms with Crippen LogP contribution in [-0.2, 0) is 12.6 Å². The van der Waals surface area contributed by atoms with Crippen LogP contribution < -0.4 is 0 Å². The first-order valence-corrected chi connectivity index (χ1v) is 6.02. The largest absolute Gasteiger partial charge is 0.391 e. The van der Waals surface area contributed by atoms with E-state index in [-0.39, 0.29) is 25.7 Å². The van der Waals surface area contributed by atoms with Crippen LogP contribution in [0.5, 0.6) is 0 Å². The van der Waals surface area contributed by atoms with Crippen molar-refractivity contribution in [3.8, 4) is 0 Å². The molecule has 0 spiro atoms. The van der Waals surface area contributed by atoms with Gasteiger partial charge < -0.3 is 5.11 Å². The molecule has 0 atom stereocenters. The summed E-state index contributed by atoms with van der Waals surface area (Å²) in [5.74, 6) is -1.29. The molecule has 0 aromatic carbocycles. The van der Waals surface area contributed by atoms with Crippen molar-refractivity contribution in [1.82, 2.24) is 9.78 Å². The molecule has 1 aromatic heterocycles. The fraction of sp³-hybridized carbons (Fsp3) is 0.750. The van der Waals surface area contributed by atoms with Gasteiger partial charge in [-0.25, -0.2) is 0 Å². The molecule has 1 fully saturated rings. The first-order chi connectivity index (χ1) is 8.24. The molecule has 0 saturated heterocycles. The van der Waals surface area contributed by atoms with E-state index in [9.17, 15) is 18.3 Å². The Morgan fingerprint density at radius 3 is 2.33 bits per heavy atom. The molecule has 1 saturated carbocycles. The minimum absolute atomic E-state index is 0.0232. The lowest BCUT2D eigenvalue weighted by Crippen LogP contribution is -2.38. The summed E-state index contributed by atoms with van der Waals surface area (Å²) in [6.45, 7) is 1.82. The molecular weight excluding hydrogens is 245 g/mol. The van der Waals surface area contributed by atoms with Crippen molar-refractivity contribution in [2.45, 2.75) is 44.4 Å². The van der Waals surface area contributed by atoms with Gasteiger partial charge in [0.1, 0.15) is 5.60 Å². The van der Waals surface area contributed by atoms with E-state index in [1.807, 2.05) is 6.92 Å². The molecule has 0 aliphatic heterocycles. The second-order valence-corrected chi connectivity index (χ2v) is 5.15. The average molecular weight is 262 g/mol. The lowest BCUT2D eigenvalue weighted by Gasteiger charge is -2.37. The maximum atomic E-state index is 12.6. The molecule has 6 heteroatoms. The smallest absolute Gasteiger partial charge is 0.384 e. The molecule has 18 heavy (non-hydrogen) atoms. The molecule has 0 radical (unpaired) electrons. The van der Waals surface area contributed by atoms with Crippen molar-refractivity contribution in [3.63, 3.8) is 0 Å². The van der Waals surface area contributed by atoms with E-state index in [2.05, 4.69) is 5.10 Å². The Morgan fingerprint density at radius 1 is 1.39 bits per heavy atom. The minimum atomic E-state index is -4.15. The molecule has 2 rings (SSSR count). The van der Waals surface area contributed by atoms with Gasteiger partial charge >= 0.3 is 6.18 Å². The number of nitrogens with zero attached hydrogens (tertiary/aromatic N) is 2. The van der Waals surface area contributed by atoms with Crippen LogP contribution in [0.25, 0.3) is 0 Å². The number of aryl methyl sites for hydroxylation is 2. The van der Waals surface area contributed by atoms with Gasteiger partial charge in [0.05, 0.1) is 17.8 Å². The average Bonchev–Trinajstić information content (AvgIpc) is 2.58. The Balaban J connectivity index is 2.18. The Kier molecular flexibility index (Phi) is 3.17. The van der Waals surface area contributed by atoms with Crippen molar-refractivity contribution in [2.24, 2.45) is 13.0 Å². The van der Waals surface area contributed by atoms with Crippen LogP contribution in [0.1, 0.15) is 36.9 Å². The van der Waals surface area contributed by atoms with Crippen molar-refractivity contribution in [1.29, 1.82) is 0 Å². The van der Waals surface area contributed by atoms with E-state index in [4.69, 9.17) is 0 Å². The fourth-order valence-electron chi connectivity index (χ4n) is 2.87. The van der Waals surface area contributed by atoms with Crippen LogP contribution >= 0.6 is 0 Å². The third-order valence-corrected chi connectivity index (χ3v) is 3.84. The number of aromatic nitrogens is 2. The Hall–Kier alpha value is -1.04. The predicted octanol–water partition coefficient (Wildman–Crippen LogP) is 2.67. The molecule has 1 aromatic rings. The first-order valence-electron chi connectivity index (χ1n) is 6.02. The normalized spacial score (nSPS) is 29.6. The third kappa shape index (κ3) is 2.25. The highest BCUT2D eigenvalue weighted by Gasteiger charge is 2.46. The number of alkyl halides is 3. The first kappa shape index (κ1) is 13.4. The van der Waals surface area contributed by atoms with E-state index in [0.717, 1.165) is 5.56 Å². The van der Waals surface area contributed by atoms with Gasteiger partial charge in [0.15, 0.2) is 0 Å². The second kappa shape index (κ2) is 4.26. The molecule has 1 heterocycles. The van der Waals surface area contributed by atoms with E-state index in [1.54, 1.807) is 17.9 Å². The van der Waals surface area contributed by atoms with Gasteiger partial charge in [0, 0.05) is 7.05 Å². The summed E-state index contributed by atoms with van der Waals surface area (Å²) in [4.78, 5) is 0. The van der Waals surface area contributed by atoms with E-state index < -0.39 is 17.7 Å². The summed E-state index contributed by atoms with van der Waals surface area (Å²) in [6, 6.07) is 0. The summed E-state index contributed by atoms with van der Waals surface area (Å²) in [5.41, 5.74) is 0.297. The summed E-state index contributed by atoms with van der Waals surface area (Å²) in [7, 11) is 1.70. The number of rotatable bonds is 1. The molecule has 0 bridgehead atoms. The third-order valence-electron chi connectivity index (χ3n) is 3.84. The highest BCUT2D eigenvalue weighted by atomic mass is 19.4. The van der Waals surface area contributed by atoms with Gasteiger partial charge in [0.25, 0.3) is 0 Å². The van der Waals surface area contributed by atoms with Crippen LogP contribution in [0.3, 0.4) is 0 Å². The Bertz CT molecular complexity index is 412. The molecule has 3 nitrogen and oxygen atoms in total. The Labute approximate surface area is 104 Å². The molecular formula is C12H17F3N2O. The number of halogens is 3. The number of hydrogen-bond donors (Lipinski definition) is 1. The quantitative estimate of drug-likeness (QED) is 0.845. The van der Waals surface area contributed by atoms with Crippen LogP contribution in [-0.4, -0.2) is 21.1 Å². The Morgan fingerprint density at radius 2 is 1.94 bits per heavy atom. The minimum Gasteiger partial charge on any atom is -0.384 e. The van der Waals surface area contributed by atoms with Crippen LogP contribution in [0, 0.1) is 12.8 Å². The zero-order valence-corrected chi connectivity index (χ0v) is 10.5. The maximum Gasteiger partial charge on any atom is 0.391 e. The van der Waals surface area contributed by atoms with Crippen molar-refractivity contribution in [3.05, 3.63) is 17.5 Å². The molecule has 0 unspecified atom stereocenters. The fourth-order valence-corrected chi connectivity index (χ4v) is 2.87. The number of hydrogen-bond acceptors (Lipinski definition) is 2. The monoisotopic (exact) mass is 262 g/mol. The van der Waals surface area contributed by atoms with Crippen molar-refractivity contribution in [2.75, 3.05) is 0 Å². The topological polar surface area (TPSA) is 38.0 Å². The van der Waals surface area contributed by atoms with Gasteiger partial charge in [-0.05, 0) is 38.2 Å². The number of aliphatic hydroxyl groups is 1. The van der Waals surface area contributed by atoms with Crippen LogP contribution in [0.15, 0.2) is 6.20 Å². The summed E-state index contributed by atoms with van der Waals surface area (Å²) in [5, 5.41) is 14.6. The van der Waals surface area contributed by atoms with Crippen molar-refractivity contribution >= 4 is 0 Å². The van der Waals surface area contributed by atoms with Gasteiger partial charge in [-0.2, -0.15) is 18.3 Å². The lowest BCUT2D eigenvalue weighted by molar-refractivity contribution is -0.193. The second-order valence-electron chi connectivity index (χ2n) is 5.15. The molecule has 1 aliphatic carbocycles. The molecule has 1 aliphatic rings. The summed E-state index contributed by atoms with van der Waals surface area (Å²) in [6.07, 6.45) is -2.30. The SMILES string of the molecule is Cc1cnn(C)c1C1(O)CCC(C(F)(F)F)CC1. The van der Waals surface area contributed by atoms with Gasteiger partial charge in [-0.15, -0.1) is 0 Å². The van der Waals surface area contributed by atoms with E-state index >= 15 is 0 Å². The highest BCUT2D eigenvalue weighted by molar-refractivity contribution is 5.23. The molecule has 102 valence electrons. The molecule has 1 N–H and O–H groups in total. The van der Waals surface area contributed by atoms with Gasteiger partial charge in [0.2, 0.25) is 0 Å². The lowest BCUT2D eigenvalue weighted by atomic mass is 9.76. The zero-order valence-electron chi connectivity index (χ0n) is 10.5. The highest BCUT2D eigenvalue weighted by Crippen LogP contribution is 2.45. The maximum absolute atomic E-state index is 12.6. The zero-order chi connectivity index (χ0) is 13.6. The van der Waals surface area contributed by atoms with Crippen molar-refractivity contribution < 1.29 is 18.3 Å². The standard InChI is InChI=1S/C12H17F3N2O/c1-8-7-16-17(2)10(8)11(18)5-3-9(4-6-11)12(13,14)15/h7,9,18H,3-6H2,1-2H3. The van der Waals surface area contributed by atoms with Crippen LogP contribution in [0.4, 0.5) is 13.2 Å². The van der Waals surface area contributed by atoms with Crippen LogP contribution in [0.2, 0.25) is 0 Å². The predicted molar refractivity (Wildman–Crippen MR) is 59.9 cm³/mol. The van der Waals surface area contributed by atoms with Gasteiger partial charge in [-0.3, -0.25) is 4.68 Å². The van der Waals surface area contributed by atoms with E-state index in [1.165, 1.54) is 0 Å². The van der Waals surface area contributed by atoms with Gasteiger partial charge in [-0.1, -0.05) is 0 Å². The summed E-state index contributed by atoms with van der Waals surface area (Å²) < 4.78 is 39.3. The van der Waals surface area contributed by atoms with E-state index in [0.29, 0.717) is 5.69 Å². The summed E-state index contributed by atoms with van der Waals surface area (Å²) >= 11 is 0.